The summed E-state index contributed by atoms with van der Waals surface area (Å²) < 4.78 is 5.09. The number of nitrogens with zero attached hydrogens (tertiary/aromatic N) is 3. The molecule has 1 heterocycles. The van der Waals surface area contributed by atoms with Crippen LogP contribution in [-0.2, 0) is 0 Å². The molecule has 7 nitrogen and oxygen atoms in total. The van der Waals surface area contributed by atoms with Gasteiger partial charge in [0.25, 0.3) is 0 Å². The summed E-state index contributed by atoms with van der Waals surface area (Å²) in [5.74, 6) is 0.824. The molecule has 0 amide bonds. The lowest BCUT2D eigenvalue weighted by Crippen LogP contribution is -2.00. The van der Waals surface area contributed by atoms with Crippen molar-refractivity contribution >= 4 is 28.0 Å². The van der Waals surface area contributed by atoms with E-state index in [-0.39, 0.29) is 11.4 Å². The summed E-state index contributed by atoms with van der Waals surface area (Å²) in [6.07, 6.45) is 0. The molecule has 0 saturated carbocycles. The van der Waals surface area contributed by atoms with Gasteiger partial charge in [-0.3, -0.25) is 10.1 Å². The lowest BCUT2D eigenvalue weighted by molar-refractivity contribution is -0.385. The lowest BCUT2D eigenvalue weighted by atomic mass is 10.0. The Labute approximate surface area is 167 Å². The Balaban J connectivity index is 1.82. The third-order valence-electron chi connectivity index (χ3n) is 4.65. The van der Waals surface area contributed by atoms with Crippen LogP contribution in [0.2, 0.25) is 0 Å². The second-order valence-electron chi connectivity index (χ2n) is 6.58. The number of rotatable bonds is 5. The SMILES string of the molecule is COc1ccc(-c2nnc(Nc3ccc(C)cc3)c3ccccc23)cc1[N+](=O)[O-]. The van der Waals surface area contributed by atoms with Crippen LogP contribution in [0.5, 0.6) is 5.75 Å². The van der Waals surface area contributed by atoms with Crippen molar-refractivity contribution in [2.75, 3.05) is 12.4 Å². The number of hydrogen-bond acceptors (Lipinski definition) is 6. The highest BCUT2D eigenvalue weighted by Crippen LogP contribution is 2.35. The van der Waals surface area contributed by atoms with Crippen molar-refractivity contribution in [3.63, 3.8) is 0 Å². The predicted octanol–water partition coefficient (Wildman–Crippen LogP) is 5.27. The summed E-state index contributed by atoms with van der Waals surface area (Å²) in [5.41, 5.74) is 3.13. The third kappa shape index (κ3) is 3.58. The summed E-state index contributed by atoms with van der Waals surface area (Å²) in [5, 5.41) is 25.1. The maximum Gasteiger partial charge on any atom is 0.311 e. The van der Waals surface area contributed by atoms with Gasteiger partial charge in [0.2, 0.25) is 0 Å². The Morgan fingerprint density at radius 3 is 2.38 bits per heavy atom. The maximum atomic E-state index is 11.4. The fourth-order valence-corrected chi connectivity index (χ4v) is 3.16. The molecule has 4 aromatic rings. The number of nitrogens with one attached hydrogen (secondary N) is 1. The van der Waals surface area contributed by atoms with Gasteiger partial charge in [0, 0.05) is 28.1 Å². The van der Waals surface area contributed by atoms with E-state index < -0.39 is 4.92 Å². The molecule has 0 aliphatic rings. The van der Waals surface area contributed by atoms with Crippen molar-refractivity contribution in [3.8, 4) is 17.0 Å². The zero-order valence-electron chi connectivity index (χ0n) is 15.9. The highest BCUT2D eigenvalue weighted by Gasteiger charge is 2.18. The number of nitro groups is 1. The highest BCUT2D eigenvalue weighted by molar-refractivity contribution is 6.01. The Morgan fingerprint density at radius 2 is 1.69 bits per heavy atom. The van der Waals surface area contributed by atoms with Crippen LogP contribution in [0.15, 0.2) is 66.7 Å². The van der Waals surface area contributed by atoms with Gasteiger partial charge in [-0.25, -0.2) is 0 Å². The largest absolute Gasteiger partial charge is 0.490 e. The number of fused-ring (bicyclic) bond motifs is 1. The standard InChI is InChI=1S/C22H18N4O3/c1-14-7-10-16(11-8-14)23-22-18-6-4-3-5-17(18)21(24-25-22)15-9-12-20(29-2)19(13-15)26(27)28/h3-13H,1-2H3,(H,23,25). The van der Waals surface area contributed by atoms with Crippen molar-refractivity contribution in [1.29, 1.82) is 0 Å². The molecule has 0 saturated heterocycles. The Kier molecular flexibility index (Phi) is 4.78. The first-order valence-corrected chi connectivity index (χ1v) is 8.99. The highest BCUT2D eigenvalue weighted by atomic mass is 16.6. The normalized spacial score (nSPS) is 10.7. The van der Waals surface area contributed by atoms with Crippen LogP contribution < -0.4 is 10.1 Å². The van der Waals surface area contributed by atoms with E-state index in [4.69, 9.17) is 4.74 Å². The van der Waals surface area contributed by atoms with Crippen molar-refractivity contribution in [2.24, 2.45) is 0 Å². The van der Waals surface area contributed by atoms with Crippen LogP contribution in [0, 0.1) is 17.0 Å². The molecular weight excluding hydrogens is 368 g/mol. The van der Waals surface area contributed by atoms with Gasteiger partial charge in [-0.1, -0.05) is 42.0 Å². The van der Waals surface area contributed by atoms with Gasteiger partial charge in [0.15, 0.2) is 11.6 Å². The first kappa shape index (κ1) is 18.4. The van der Waals surface area contributed by atoms with Gasteiger partial charge in [0.1, 0.15) is 5.69 Å². The summed E-state index contributed by atoms with van der Waals surface area (Å²) in [4.78, 5) is 10.9. The van der Waals surface area contributed by atoms with E-state index in [0.29, 0.717) is 17.1 Å². The number of methoxy groups -OCH3 is 1. The number of nitro benzene ring substituents is 1. The first-order chi connectivity index (χ1) is 14.1. The van der Waals surface area contributed by atoms with E-state index in [1.54, 1.807) is 12.1 Å². The molecule has 0 atom stereocenters. The average Bonchev–Trinajstić information content (AvgIpc) is 2.75. The Hall–Kier alpha value is -4.00. The molecule has 0 unspecified atom stereocenters. The molecule has 144 valence electrons. The van der Waals surface area contributed by atoms with Crippen molar-refractivity contribution in [2.45, 2.75) is 6.92 Å². The van der Waals surface area contributed by atoms with Gasteiger partial charge in [0.05, 0.1) is 12.0 Å². The number of anilines is 2. The second kappa shape index (κ2) is 7.55. The first-order valence-electron chi connectivity index (χ1n) is 8.99. The van der Waals surface area contributed by atoms with Crippen LogP contribution >= 0.6 is 0 Å². The van der Waals surface area contributed by atoms with Gasteiger partial charge in [-0.2, -0.15) is 0 Å². The van der Waals surface area contributed by atoms with E-state index in [9.17, 15) is 10.1 Å². The summed E-state index contributed by atoms with van der Waals surface area (Å²) >= 11 is 0. The molecule has 0 spiro atoms. The molecule has 4 rings (SSSR count). The second-order valence-corrected chi connectivity index (χ2v) is 6.58. The predicted molar refractivity (Wildman–Crippen MR) is 113 cm³/mol. The van der Waals surface area contributed by atoms with E-state index in [1.165, 1.54) is 18.7 Å². The minimum Gasteiger partial charge on any atom is -0.490 e. The minimum absolute atomic E-state index is 0.113. The Bertz CT molecular complexity index is 1210. The number of aryl methyl sites for hydroxylation is 1. The van der Waals surface area contributed by atoms with Gasteiger partial charge < -0.3 is 10.1 Å². The van der Waals surface area contributed by atoms with Crippen molar-refractivity contribution < 1.29 is 9.66 Å². The average molecular weight is 386 g/mol. The van der Waals surface area contributed by atoms with Crippen LogP contribution in [0.1, 0.15) is 5.56 Å². The maximum absolute atomic E-state index is 11.4. The van der Waals surface area contributed by atoms with Crippen LogP contribution in [0.4, 0.5) is 17.2 Å². The lowest BCUT2D eigenvalue weighted by Gasteiger charge is -2.12. The number of hydrogen-bond donors (Lipinski definition) is 1. The quantitative estimate of drug-likeness (QED) is 0.371. The molecule has 1 N–H and O–H groups in total. The van der Waals surface area contributed by atoms with Crippen LogP contribution in [-0.4, -0.2) is 22.2 Å². The third-order valence-corrected chi connectivity index (χ3v) is 4.65. The van der Waals surface area contributed by atoms with E-state index >= 15 is 0 Å². The van der Waals surface area contributed by atoms with Crippen molar-refractivity contribution in [3.05, 3.63) is 82.4 Å². The monoisotopic (exact) mass is 386 g/mol. The summed E-state index contributed by atoms with van der Waals surface area (Å²) in [6.45, 7) is 2.03. The van der Waals surface area contributed by atoms with E-state index in [0.717, 1.165) is 16.5 Å². The molecule has 29 heavy (non-hydrogen) atoms. The number of benzene rings is 3. The molecule has 7 heteroatoms. The molecule has 3 aromatic carbocycles. The number of ether oxygens (including phenoxy) is 1. The van der Waals surface area contributed by atoms with Gasteiger partial charge in [-0.05, 0) is 31.2 Å². The molecule has 0 radical (unpaired) electrons. The van der Waals surface area contributed by atoms with Gasteiger partial charge >= 0.3 is 5.69 Å². The fraction of sp³-hybridized carbons (Fsp3) is 0.0909. The Morgan fingerprint density at radius 1 is 0.966 bits per heavy atom. The van der Waals surface area contributed by atoms with Gasteiger partial charge in [-0.15, -0.1) is 10.2 Å². The van der Waals surface area contributed by atoms with Crippen LogP contribution in [0.3, 0.4) is 0 Å². The smallest absolute Gasteiger partial charge is 0.311 e. The molecular formula is C22H18N4O3. The van der Waals surface area contributed by atoms with E-state index in [2.05, 4.69) is 15.5 Å². The van der Waals surface area contributed by atoms with Crippen LogP contribution in [0.25, 0.3) is 22.0 Å². The molecule has 1 aromatic heterocycles. The summed E-state index contributed by atoms with van der Waals surface area (Å²) in [6, 6.07) is 20.5. The minimum atomic E-state index is -0.467. The summed E-state index contributed by atoms with van der Waals surface area (Å²) in [7, 11) is 1.41. The molecule has 0 aliphatic carbocycles. The molecule has 0 aliphatic heterocycles. The molecule has 0 fully saturated rings. The zero-order chi connectivity index (χ0) is 20.4. The zero-order valence-corrected chi connectivity index (χ0v) is 15.9. The van der Waals surface area contributed by atoms with E-state index in [1.807, 2.05) is 55.5 Å². The fourth-order valence-electron chi connectivity index (χ4n) is 3.16. The van der Waals surface area contributed by atoms with Crippen molar-refractivity contribution in [1.82, 2.24) is 10.2 Å². The number of aromatic nitrogens is 2. The molecule has 0 bridgehead atoms. The topological polar surface area (TPSA) is 90.2 Å².